The van der Waals surface area contributed by atoms with E-state index in [1.54, 1.807) is 18.2 Å². The van der Waals surface area contributed by atoms with E-state index in [0.717, 1.165) is 44.1 Å². The van der Waals surface area contributed by atoms with Gasteiger partial charge in [0.25, 0.3) is 0 Å². The van der Waals surface area contributed by atoms with Gasteiger partial charge in [0.15, 0.2) is 0 Å². The summed E-state index contributed by atoms with van der Waals surface area (Å²) in [4.78, 5) is 16.4. The van der Waals surface area contributed by atoms with Gasteiger partial charge in [0.05, 0.1) is 11.1 Å². The van der Waals surface area contributed by atoms with Crippen molar-refractivity contribution < 1.29 is 9.90 Å². The number of nitrogens with zero attached hydrogens (tertiary/aromatic N) is 3. The Hall–Kier alpha value is -4.63. The minimum atomic E-state index is -0.978. The molecule has 2 aromatic heterocycles. The first-order chi connectivity index (χ1) is 16.9. The Kier molecular flexibility index (Phi) is 5.46. The highest BCUT2D eigenvalue weighted by molar-refractivity contribution is 5.95. The quantitative estimate of drug-likeness (QED) is 0.315. The van der Waals surface area contributed by atoms with Gasteiger partial charge < -0.3 is 15.0 Å². The van der Waals surface area contributed by atoms with E-state index in [1.807, 2.05) is 51.4 Å². The van der Waals surface area contributed by atoms with Crippen LogP contribution in [-0.2, 0) is 7.05 Å². The van der Waals surface area contributed by atoms with Crippen molar-refractivity contribution in [2.75, 3.05) is 5.32 Å². The topological polar surface area (TPSA) is 90.9 Å². The molecule has 0 spiro atoms. The van der Waals surface area contributed by atoms with Crippen molar-refractivity contribution in [3.8, 4) is 17.2 Å². The first-order valence-corrected chi connectivity index (χ1v) is 11.4. The minimum Gasteiger partial charge on any atom is -0.478 e. The van der Waals surface area contributed by atoms with Crippen LogP contribution in [0.3, 0.4) is 0 Å². The van der Waals surface area contributed by atoms with Crippen molar-refractivity contribution in [1.29, 1.82) is 5.26 Å². The van der Waals surface area contributed by atoms with Crippen molar-refractivity contribution in [2.24, 2.45) is 7.05 Å². The lowest BCUT2D eigenvalue weighted by molar-refractivity contribution is 0.0698. The van der Waals surface area contributed by atoms with E-state index in [9.17, 15) is 15.2 Å². The van der Waals surface area contributed by atoms with Gasteiger partial charge in [0, 0.05) is 46.8 Å². The van der Waals surface area contributed by atoms with Gasteiger partial charge in [-0.2, -0.15) is 5.26 Å². The molecule has 6 nitrogen and oxygen atoms in total. The van der Waals surface area contributed by atoms with Gasteiger partial charge >= 0.3 is 5.97 Å². The summed E-state index contributed by atoms with van der Waals surface area (Å²) in [5.41, 5.74) is 6.71. The molecule has 0 radical (unpaired) electrons. The number of aromatic nitrogens is 2. The molecule has 1 unspecified atom stereocenters. The number of aryl methyl sites for hydroxylation is 2. The van der Waals surface area contributed by atoms with Crippen molar-refractivity contribution in [1.82, 2.24) is 9.55 Å². The number of anilines is 1. The smallest absolute Gasteiger partial charge is 0.337 e. The van der Waals surface area contributed by atoms with Gasteiger partial charge in [-0.15, -0.1) is 0 Å². The number of para-hydroxylation sites is 1. The molecule has 5 aromatic rings. The van der Waals surface area contributed by atoms with Gasteiger partial charge in [0.2, 0.25) is 0 Å². The zero-order valence-electron chi connectivity index (χ0n) is 19.7. The molecule has 3 aromatic carbocycles. The van der Waals surface area contributed by atoms with Crippen LogP contribution in [-0.4, -0.2) is 20.6 Å². The van der Waals surface area contributed by atoms with E-state index in [0.29, 0.717) is 11.4 Å². The van der Waals surface area contributed by atoms with Crippen LogP contribution in [0.1, 0.15) is 40.1 Å². The Morgan fingerprint density at radius 1 is 1.11 bits per heavy atom. The van der Waals surface area contributed by atoms with Crippen LogP contribution in [0.4, 0.5) is 5.69 Å². The lowest BCUT2D eigenvalue weighted by Gasteiger charge is -2.20. The normalized spacial score (nSPS) is 11.9. The van der Waals surface area contributed by atoms with Crippen LogP contribution in [0.2, 0.25) is 0 Å². The number of fused-ring (bicyclic) bond motifs is 2. The summed E-state index contributed by atoms with van der Waals surface area (Å²) in [7, 11) is 2.01. The number of hydrogen-bond acceptors (Lipinski definition) is 4. The van der Waals surface area contributed by atoms with E-state index in [1.165, 1.54) is 0 Å². The van der Waals surface area contributed by atoms with Crippen LogP contribution in [0.15, 0.2) is 72.9 Å². The predicted molar refractivity (Wildman–Crippen MR) is 139 cm³/mol. The van der Waals surface area contributed by atoms with E-state index >= 15 is 0 Å². The fourth-order valence-electron chi connectivity index (χ4n) is 4.67. The molecule has 0 amide bonds. The molecule has 0 aliphatic rings. The summed E-state index contributed by atoms with van der Waals surface area (Å²) in [5, 5.41) is 24.9. The zero-order valence-corrected chi connectivity index (χ0v) is 19.7. The molecule has 0 aliphatic heterocycles. The minimum absolute atomic E-state index is 0.197. The molecule has 172 valence electrons. The summed E-state index contributed by atoms with van der Waals surface area (Å²) < 4.78 is 2.06. The second-order valence-corrected chi connectivity index (χ2v) is 8.83. The number of hydrogen-bond donors (Lipinski definition) is 2. The molecule has 0 bridgehead atoms. The summed E-state index contributed by atoms with van der Waals surface area (Å²) in [6.45, 7) is 3.99. The Labute approximate surface area is 203 Å². The number of nitriles is 1. The number of carbonyl (C=O) groups is 1. The highest BCUT2D eigenvalue weighted by Gasteiger charge is 2.18. The van der Waals surface area contributed by atoms with E-state index in [2.05, 4.69) is 40.2 Å². The molecule has 2 heterocycles. The second-order valence-electron chi connectivity index (χ2n) is 8.83. The van der Waals surface area contributed by atoms with E-state index in [-0.39, 0.29) is 11.6 Å². The average Bonchev–Trinajstić information content (AvgIpc) is 3.22. The molecule has 2 N–H and O–H groups in total. The molecule has 35 heavy (non-hydrogen) atoms. The Bertz CT molecular complexity index is 1660. The molecule has 0 fully saturated rings. The van der Waals surface area contributed by atoms with Crippen LogP contribution >= 0.6 is 0 Å². The van der Waals surface area contributed by atoms with E-state index in [4.69, 9.17) is 4.98 Å². The van der Waals surface area contributed by atoms with Crippen molar-refractivity contribution in [2.45, 2.75) is 19.9 Å². The third-order valence-electron chi connectivity index (χ3n) is 6.41. The standard InChI is InChI=1S/C29H24N4O2/c1-17-12-22(18(2)31-25-7-5-4-6-21(25)29(34)35)24-15-23(27(16-30)32-26(24)13-17)19-8-9-28-20(14-19)10-11-33(28)3/h4-15,18,31H,1-3H3,(H,34,35). The third kappa shape index (κ3) is 3.98. The van der Waals surface area contributed by atoms with Gasteiger partial charge in [-0.25, -0.2) is 9.78 Å². The number of rotatable bonds is 5. The van der Waals surface area contributed by atoms with Crippen molar-refractivity contribution >= 4 is 33.5 Å². The van der Waals surface area contributed by atoms with Crippen LogP contribution in [0, 0.1) is 18.3 Å². The van der Waals surface area contributed by atoms with Crippen LogP contribution in [0.5, 0.6) is 0 Å². The number of aromatic carboxylic acids is 1. The van der Waals surface area contributed by atoms with Gasteiger partial charge in [-0.05, 0) is 73.0 Å². The molecule has 0 saturated carbocycles. The fourth-order valence-corrected chi connectivity index (χ4v) is 4.67. The predicted octanol–water partition coefficient (Wildman–Crippen LogP) is 6.44. The molecule has 0 saturated heterocycles. The van der Waals surface area contributed by atoms with E-state index < -0.39 is 5.97 Å². The van der Waals surface area contributed by atoms with Crippen molar-refractivity contribution in [3.63, 3.8) is 0 Å². The second kappa shape index (κ2) is 8.62. The largest absolute Gasteiger partial charge is 0.478 e. The lowest BCUT2D eigenvalue weighted by Crippen LogP contribution is -2.11. The molecule has 5 rings (SSSR count). The lowest BCUT2D eigenvalue weighted by atomic mass is 9.94. The number of pyridine rings is 1. The van der Waals surface area contributed by atoms with Gasteiger partial charge in [-0.1, -0.05) is 24.3 Å². The maximum Gasteiger partial charge on any atom is 0.337 e. The zero-order chi connectivity index (χ0) is 24.7. The first-order valence-electron chi connectivity index (χ1n) is 11.4. The Balaban J connectivity index is 1.66. The summed E-state index contributed by atoms with van der Waals surface area (Å²) in [6, 6.07) is 23.3. The number of benzene rings is 3. The van der Waals surface area contributed by atoms with Gasteiger partial charge in [0.1, 0.15) is 11.8 Å². The Morgan fingerprint density at radius 3 is 2.69 bits per heavy atom. The number of nitrogens with one attached hydrogen (secondary N) is 1. The Morgan fingerprint density at radius 2 is 1.91 bits per heavy atom. The summed E-state index contributed by atoms with van der Waals surface area (Å²) >= 11 is 0. The summed E-state index contributed by atoms with van der Waals surface area (Å²) in [5.74, 6) is -0.978. The number of carboxylic acids is 1. The monoisotopic (exact) mass is 460 g/mol. The molecule has 6 heteroatoms. The third-order valence-corrected chi connectivity index (χ3v) is 6.41. The molecule has 0 aliphatic carbocycles. The molecular weight excluding hydrogens is 436 g/mol. The van der Waals surface area contributed by atoms with Crippen LogP contribution in [0.25, 0.3) is 32.9 Å². The van der Waals surface area contributed by atoms with Gasteiger partial charge in [-0.3, -0.25) is 0 Å². The molecular formula is C29H24N4O2. The number of carboxylic acid groups (broad SMARTS) is 1. The maximum atomic E-state index is 11.7. The first kappa shape index (κ1) is 22.2. The molecule has 1 atom stereocenters. The SMILES string of the molecule is Cc1cc(C(C)Nc2ccccc2C(=O)O)c2cc(-c3ccc4c(ccn4C)c3)c(C#N)nc2c1. The maximum absolute atomic E-state index is 11.7. The van der Waals surface area contributed by atoms with Crippen molar-refractivity contribution in [3.05, 3.63) is 95.3 Å². The average molecular weight is 461 g/mol. The van der Waals surface area contributed by atoms with Crippen LogP contribution < -0.4 is 5.32 Å². The highest BCUT2D eigenvalue weighted by atomic mass is 16.4. The fraction of sp³-hybridized carbons (Fsp3) is 0.138. The summed E-state index contributed by atoms with van der Waals surface area (Å²) in [6.07, 6.45) is 2.02. The highest BCUT2D eigenvalue weighted by Crippen LogP contribution is 2.34.